The Hall–Kier alpha value is -2.04. The Morgan fingerprint density at radius 1 is 1.50 bits per heavy atom. The normalized spacial score (nSPS) is 14.3. The molecule has 5 nitrogen and oxygen atoms in total. The molecule has 0 bridgehead atoms. The Morgan fingerprint density at radius 2 is 2.25 bits per heavy atom. The molecule has 5 heteroatoms. The molecule has 1 aromatic rings. The van der Waals surface area contributed by atoms with Gasteiger partial charge in [-0.1, -0.05) is 13.0 Å². The molecule has 0 spiro atoms. The number of hydrogen-bond acceptors (Lipinski definition) is 3. The number of carbonyl (C=O) groups excluding carboxylic acids is 1. The van der Waals surface area contributed by atoms with Crippen molar-refractivity contribution in [1.29, 1.82) is 0 Å². The standard InChI is InChI=1S/C11H10N2O3/c1-2-7-6-9-8(11(14)12-7)4-3-5-10(9)13(15)16/h3-5H,2,6H2,1H3. The lowest BCUT2D eigenvalue weighted by Crippen LogP contribution is -2.17. The first kappa shape index (κ1) is 10.5. The molecule has 82 valence electrons. The summed E-state index contributed by atoms with van der Waals surface area (Å²) in [6.45, 7) is 1.88. The molecule has 0 saturated carbocycles. The molecule has 0 fully saturated rings. The molecular weight excluding hydrogens is 208 g/mol. The Morgan fingerprint density at radius 3 is 2.88 bits per heavy atom. The average molecular weight is 218 g/mol. The SMILES string of the molecule is CCC1=NC(=O)c2cccc([N+](=O)[O-])c2C1. The van der Waals surface area contributed by atoms with Crippen molar-refractivity contribution >= 4 is 17.3 Å². The summed E-state index contributed by atoms with van der Waals surface area (Å²) in [6, 6.07) is 4.52. The summed E-state index contributed by atoms with van der Waals surface area (Å²) in [6.07, 6.45) is 1.03. The summed E-state index contributed by atoms with van der Waals surface area (Å²) in [7, 11) is 0. The van der Waals surface area contributed by atoms with Gasteiger partial charge in [-0.3, -0.25) is 14.9 Å². The van der Waals surface area contributed by atoms with E-state index < -0.39 is 4.92 Å². The highest BCUT2D eigenvalue weighted by atomic mass is 16.6. The van der Waals surface area contributed by atoms with Crippen molar-refractivity contribution in [3.63, 3.8) is 0 Å². The highest BCUT2D eigenvalue weighted by Crippen LogP contribution is 2.27. The molecule has 0 saturated heterocycles. The summed E-state index contributed by atoms with van der Waals surface area (Å²) in [5.74, 6) is -0.373. The van der Waals surface area contributed by atoms with E-state index in [-0.39, 0.29) is 11.6 Å². The van der Waals surface area contributed by atoms with Gasteiger partial charge in [0.25, 0.3) is 11.6 Å². The molecule has 1 aliphatic heterocycles. The Balaban J connectivity index is 2.58. The highest BCUT2D eigenvalue weighted by Gasteiger charge is 2.25. The molecule has 1 heterocycles. The number of aliphatic imine (C=N–C) groups is 1. The summed E-state index contributed by atoms with van der Waals surface area (Å²) in [5, 5.41) is 10.8. The van der Waals surface area contributed by atoms with Crippen LogP contribution in [0.2, 0.25) is 0 Å². The third kappa shape index (κ3) is 1.60. The van der Waals surface area contributed by atoms with Crippen LogP contribution in [0.5, 0.6) is 0 Å². The number of rotatable bonds is 2. The van der Waals surface area contributed by atoms with E-state index in [0.717, 1.165) is 0 Å². The van der Waals surface area contributed by atoms with E-state index in [4.69, 9.17) is 0 Å². The van der Waals surface area contributed by atoms with Crippen molar-refractivity contribution in [2.24, 2.45) is 4.99 Å². The number of nitro groups is 1. The summed E-state index contributed by atoms with van der Waals surface area (Å²) < 4.78 is 0. The van der Waals surface area contributed by atoms with Crippen LogP contribution >= 0.6 is 0 Å². The van der Waals surface area contributed by atoms with Crippen LogP contribution in [-0.2, 0) is 6.42 Å². The van der Waals surface area contributed by atoms with Crippen LogP contribution in [0.1, 0.15) is 29.3 Å². The van der Waals surface area contributed by atoms with Crippen molar-refractivity contribution in [1.82, 2.24) is 0 Å². The molecule has 0 aromatic heterocycles. The molecule has 0 unspecified atom stereocenters. The summed E-state index contributed by atoms with van der Waals surface area (Å²) >= 11 is 0. The molecule has 1 amide bonds. The van der Waals surface area contributed by atoms with Gasteiger partial charge in [0.15, 0.2) is 0 Å². The third-order valence-corrected chi connectivity index (χ3v) is 2.63. The number of nitro benzene ring substituents is 1. The van der Waals surface area contributed by atoms with E-state index in [1.54, 1.807) is 6.07 Å². The fourth-order valence-corrected chi connectivity index (χ4v) is 1.78. The van der Waals surface area contributed by atoms with Crippen LogP contribution in [0.4, 0.5) is 5.69 Å². The van der Waals surface area contributed by atoms with E-state index in [1.165, 1.54) is 12.1 Å². The van der Waals surface area contributed by atoms with Gasteiger partial charge in [-0.15, -0.1) is 0 Å². The van der Waals surface area contributed by atoms with E-state index >= 15 is 0 Å². The van der Waals surface area contributed by atoms with Crippen molar-refractivity contribution in [2.75, 3.05) is 0 Å². The molecule has 1 aliphatic rings. The van der Waals surface area contributed by atoms with Crippen LogP contribution in [0.3, 0.4) is 0 Å². The maximum atomic E-state index is 11.6. The number of nitrogens with zero attached hydrogens (tertiary/aromatic N) is 2. The van der Waals surface area contributed by atoms with Crippen molar-refractivity contribution < 1.29 is 9.72 Å². The second-order valence-electron chi connectivity index (χ2n) is 3.57. The first-order valence-corrected chi connectivity index (χ1v) is 5.00. The van der Waals surface area contributed by atoms with Gasteiger partial charge in [0.1, 0.15) is 0 Å². The van der Waals surface area contributed by atoms with Crippen molar-refractivity contribution in [3.05, 3.63) is 39.4 Å². The largest absolute Gasteiger partial charge is 0.277 e. The van der Waals surface area contributed by atoms with Crippen LogP contribution in [0.25, 0.3) is 0 Å². The molecule has 0 atom stereocenters. The van der Waals surface area contributed by atoms with E-state index in [0.29, 0.717) is 29.7 Å². The lowest BCUT2D eigenvalue weighted by atomic mass is 9.95. The van der Waals surface area contributed by atoms with Gasteiger partial charge in [0.05, 0.1) is 10.5 Å². The van der Waals surface area contributed by atoms with E-state index in [2.05, 4.69) is 4.99 Å². The van der Waals surface area contributed by atoms with Gasteiger partial charge in [-0.25, -0.2) is 4.99 Å². The Kier molecular flexibility index (Phi) is 2.52. The summed E-state index contributed by atoms with van der Waals surface area (Å²) in [4.78, 5) is 25.9. The minimum absolute atomic E-state index is 0.00620. The maximum absolute atomic E-state index is 11.6. The zero-order valence-electron chi connectivity index (χ0n) is 8.77. The molecular formula is C11H10N2O3. The zero-order chi connectivity index (χ0) is 11.7. The first-order chi connectivity index (χ1) is 7.63. The second-order valence-corrected chi connectivity index (χ2v) is 3.57. The molecule has 1 aromatic carbocycles. The number of hydrogen-bond donors (Lipinski definition) is 0. The highest BCUT2D eigenvalue weighted by molar-refractivity contribution is 6.09. The van der Waals surface area contributed by atoms with Crippen molar-refractivity contribution in [2.45, 2.75) is 19.8 Å². The number of carbonyl (C=O) groups is 1. The van der Waals surface area contributed by atoms with Gasteiger partial charge in [0.2, 0.25) is 0 Å². The quantitative estimate of drug-likeness (QED) is 0.563. The fourth-order valence-electron chi connectivity index (χ4n) is 1.78. The minimum Gasteiger partial charge on any atom is -0.267 e. The van der Waals surface area contributed by atoms with E-state index in [1.807, 2.05) is 6.92 Å². The average Bonchev–Trinajstić information content (AvgIpc) is 2.28. The number of amides is 1. The first-order valence-electron chi connectivity index (χ1n) is 5.00. The molecule has 2 rings (SSSR count). The minimum atomic E-state index is -0.454. The lowest BCUT2D eigenvalue weighted by molar-refractivity contribution is -0.385. The molecule has 0 radical (unpaired) electrons. The maximum Gasteiger partial charge on any atom is 0.277 e. The lowest BCUT2D eigenvalue weighted by Gasteiger charge is -2.13. The van der Waals surface area contributed by atoms with Gasteiger partial charge in [-0.2, -0.15) is 0 Å². The molecule has 16 heavy (non-hydrogen) atoms. The topological polar surface area (TPSA) is 72.6 Å². The van der Waals surface area contributed by atoms with Crippen LogP contribution in [0, 0.1) is 10.1 Å². The smallest absolute Gasteiger partial charge is 0.267 e. The van der Waals surface area contributed by atoms with Gasteiger partial charge >= 0.3 is 0 Å². The van der Waals surface area contributed by atoms with Gasteiger partial charge in [-0.05, 0) is 12.5 Å². The van der Waals surface area contributed by atoms with Gasteiger partial charge < -0.3 is 0 Å². The summed E-state index contributed by atoms with van der Waals surface area (Å²) in [5.41, 5.74) is 1.55. The molecule has 0 aliphatic carbocycles. The number of benzene rings is 1. The van der Waals surface area contributed by atoms with E-state index in [9.17, 15) is 14.9 Å². The predicted molar refractivity (Wildman–Crippen MR) is 58.9 cm³/mol. The van der Waals surface area contributed by atoms with Crippen molar-refractivity contribution in [3.8, 4) is 0 Å². The van der Waals surface area contributed by atoms with Crippen LogP contribution in [-0.4, -0.2) is 16.5 Å². The fraction of sp³-hybridized carbons (Fsp3) is 0.273. The van der Waals surface area contributed by atoms with Crippen LogP contribution in [0.15, 0.2) is 23.2 Å². The Labute approximate surface area is 92.0 Å². The zero-order valence-corrected chi connectivity index (χ0v) is 8.77. The molecule has 0 N–H and O–H groups in total. The monoisotopic (exact) mass is 218 g/mol. The number of fused-ring (bicyclic) bond motifs is 1. The third-order valence-electron chi connectivity index (χ3n) is 2.63. The predicted octanol–water partition coefficient (Wildman–Crippen LogP) is 2.14. The van der Waals surface area contributed by atoms with Crippen LogP contribution < -0.4 is 0 Å². The van der Waals surface area contributed by atoms with Gasteiger partial charge in [0, 0.05) is 23.8 Å². The Bertz CT molecular complexity index is 506. The second kappa shape index (κ2) is 3.84.